The van der Waals surface area contributed by atoms with Gasteiger partial charge in [0.05, 0.1) is 11.4 Å². The number of aryl methyl sites for hydroxylation is 2. The van der Waals surface area contributed by atoms with Crippen LogP contribution < -0.4 is 15.8 Å². The van der Waals surface area contributed by atoms with Gasteiger partial charge < -0.3 is 15.2 Å². The highest BCUT2D eigenvalue weighted by Gasteiger charge is 2.32. The first-order valence-electron chi connectivity index (χ1n) is 11.4. The van der Waals surface area contributed by atoms with Crippen molar-refractivity contribution in [1.29, 1.82) is 0 Å². The van der Waals surface area contributed by atoms with Crippen LogP contribution >= 0.6 is 0 Å². The molecule has 7 nitrogen and oxygen atoms in total. The molecule has 0 radical (unpaired) electrons. The van der Waals surface area contributed by atoms with Gasteiger partial charge in [-0.25, -0.2) is 4.98 Å². The number of nitrogens with one attached hydrogen (secondary N) is 2. The number of H-pyrrole nitrogens is 1. The Morgan fingerprint density at radius 2 is 1.94 bits per heavy atom. The van der Waals surface area contributed by atoms with Gasteiger partial charge in [0.1, 0.15) is 5.69 Å². The quantitative estimate of drug-likeness (QED) is 0.772. The average molecular weight is 424 g/mol. The summed E-state index contributed by atoms with van der Waals surface area (Å²) in [5.41, 5.74) is 4.51. The first kappa shape index (κ1) is 21.6. The lowest BCUT2D eigenvalue weighted by atomic mass is 10.0. The summed E-state index contributed by atoms with van der Waals surface area (Å²) < 4.78 is 0. The second-order valence-electron chi connectivity index (χ2n) is 8.69. The summed E-state index contributed by atoms with van der Waals surface area (Å²) >= 11 is 0. The SMILES string of the molecule is CCc1ccc([C@@H]2CC[C@@H](N3CCN(c4ccc(C(=O)NC)nc4C)CC3)C2)[nH]c1=O. The fourth-order valence-electron chi connectivity index (χ4n) is 5.08. The molecule has 4 rings (SSSR count). The standard InChI is InChI=1S/C24H33N5O2/c1-4-17-6-8-20(27-23(17)30)18-5-7-19(15-18)28-11-13-29(14-12-28)22-10-9-21(24(31)25-3)26-16(22)2/h6,8-10,18-19H,4-5,7,11-15H2,1-3H3,(H,25,31)(H,27,30)/t18-,19-/m1/s1. The second-order valence-corrected chi connectivity index (χ2v) is 8.69. The van der Waals surface area contributed by atoms with Gasteiger partial charge in [0, 0.05) is 56.4 Å². The van der Waals surface area contributed by atoms with E-state index in [9.17, 15) is 9.59 Å². The van der Waals surface area contributed by atoms with Crippen LogP contribution in [0, 0.1) is 6.92 Å². The van der Waals surface area contributed by atoms with Crippen molar-refractivity contribution in [2.45, 2.75) is 51.5 Å². The van der Waals surface area contributed by atoms with Crippen molar-refractivity contribution in [1.82, 2.24) is 20.2 Å². The lowest BCUT2D eigenvalue weighted by Gasteiger charge is -2.39. The summed E-state index contributed by atoms with van der Waals surface area (Å²) in [6.45, 7) is 7.97. The maximum atomic E-state index is 12.2. The molecule has 7 heteroatoms. The van der Waals surface area contributed by atoms with Gasteiger partial charge in [0.2, 0.25) is 0 Å². The Kier molecular flexibility index (Phi) is 6.41. The molecule has 0 bridgehead atoms. The fraction of sp³-hybridized carbons (Fsp3) is 0.542. The molecular weight excluding hydrogens is 390 g/mol. The molecule has 1 aliphatic heterocycles. The van der Waals surface area contributed by atoms with E-state index in [1.807, 2.05) is 26.0 Å². The molecule has 166 valence electrons. The molecule has 2 aliphatic rings. The van der Waals surface area contributed by atoms with Crippen molar-refractivity contribution < 1.29 is 4.79 Å². The van der Waals surface area contributed by atoms with Crippen molar-refractivity contribution in [3.63, 3.8) is 0 Å². The molecule has 1 saturated heterocycles. The number of aromatic amines is 1. The minimum Gasteiger partial charge on any atom is -0.368 e. The van der Waals surface area contributed by atoms with Crippen molar-refractivity contribution >= 4 is 11.6 Å². The molecule has 1 saturated carbocycles. The average Bonchev–Trinajstić information content (AvgIpc) is 3.29. The third kappa shape index (κ3) is 4.51. The summed E-state index contributed by atoms with van der Waals surface area (Å²) in [6, 6.07) is 8.51. The van der Waals surface area contributed by atoms with Gasteiger partial charge in [-0.3, -0.25) is 14.5 Å². The number of piperazine rings is 1. The number of hydrogen-bond donors (Lipinski definition) is 2. The van der Waals surface area contributed by atoms with Crippen LogP contribution in [-0.2, 0) is 6.42 Å². The van der Waals surface area contributed by atoms with Crippen LogP contribution in [0.4, 0.5) is 5.69 Å². The third-order valence-corrected chi connectivity index (χ3v) is 6.93. The summed E-state index contributed by atoms with van der Waals surface area (Å²) in [5.74, 6) is 0.297. The van der Waals surface area contributed by atoms with Crippen molar-refractivity contribution in [3.05, 3.63) is 57.3 Å². The predicted molar refractivity (Wildman–Crippen MR) is 123 cm³/mol. The zero-order valence-electron chi connectivity index (χ0n) is 18.8. The predicted octanol–water partition coefficient (Wildman–Crippen LogP) is 2.46. The van der Waals surface area contributed by atoms with Crippen LogP contribution in [0.15, 0.2) is 29.1 Å². The van der Waals surface area contributed by atoms with E-state index in [1.165, 1.54) is 6.42 Å². The van der Waals surface area contributed by atoms with E-state index in [-0.39, 0.29) is 11.5 Å². The van der Waals surface area contributed by atoms with E-state index < -0.39 is 0 Å². The normalized spacial score (nSPS) is 22.0. The summed E-state index contributed by atoms with van der Waals surface area (Å²) in [6.07, 6.45) is 4.21. The van der Waals surface area contributed by atoms with Crippen molar-refractivity contribution in [3.8, 4) is 0 Å². The molecule has 2 N–H and O–H groups in total. The molecule has 2 aromatic rings. The highest BCUT2D eigenvalue weighted by molar-refractivity contribution is 5.92. The van der Waals surface area contributed by atoms with E-state index in [0.717, 1.165) is 68.1 Å². The monoisotopic (exact) mass is 423 g/mol. The third-order valence-electron chi connectivity index (χ3n) is 6.93. The number of carbonyl (C=O) groups is 1. The largest absolute Gasteiger partial charge is 0.368 e. The Labute approximate surface area is 183 Å². The highest BCUT2D eigenvalue weighted by atomic mass is 16.1. The fourth-order valence-corrected chi connectivity index (χ4v) is 5.08. The van der Waals surface area contributed by atoms with Crippen LogP contribution in [-0.4, -0.2) is 60.0 Å². The van der Waals surface area contributed by atoms with E-state index in [1.54, 1.807) is 13.1 Å². The van der Waals surface area contributed by atoms with Gasteiger partial charge in [0.15, 0.2) is 0 Å². The first-order chi connectivity index (χ1) is 15.0. The van der Waals surface area contributed by atoms with Gasteiger partial charge in [0.25, 0.3) is 11.5 Å². The maximum absolute atomic E-state index is 12.2. The minimum absolute atomic E-state index is 0.0727. The summed E-state index contributed by atoms with van der Waals surface area (Å²) in [4.78, 5) is 36.6. The number of nitrogens with zero attached hydrogens (tertiary/aromatic N) is 3. The van der Waals surface area contributed by atoms with Gasteiger partial charge >= 0.3 is 0 Å². The smallest absolute Gasteiger partial charge is 0.269 e. The number of amides is 1. The van der Waals surface area contributed by atoms with Gasteiger partial charge in [-0.05, 0) is 50.8 Å². The molecule has 2 fully saturated rings. The van der Waals surface area contributed by atoms with Crippen molar-refractivity contribution in [2.75, 3.05) is 38.1 Å². The van der Waals surface area contributed by atoms with Crippen LogP contribution in [0.2, 0.25) is 0 Å². The lowest BCUT2D eigenvalue weighted by molar-refractivity contribution is 0.0958. The molecule has 31 heavy (non-hydrogen) atoms. The van der Waals surface area contributed by atoms with Crippen LogP contribution in [0.1, 0.15) is 59.5 Å². The summed E-state index contributed by atoms with van der Waals surface area (Å²) in [7, 11) is 1.62. The van der Waals surface area contributed by atoms with Crippen LogP contribution in [0.5, 0.6) is 0 Å². The Bertz CT molecular complexity index is 994. The van der Waals surface area contributed by atoms with E-state index in [2.05, 4.69) is 31.2 Å². The Morgan fingerprint density at radius 1 is 1.16 bits per heavy atom. The van der Waals surface area contributed by atoms with Gasteiger partial charge in [-0.15, -0.1) is 0 Å². The van der Waals surface area contributed by atoms with Crippen LogP contribution in [0.3, 0.4) is 0 Å². The van der Waals surface area contributed by atoms with Gasteiger partial charge in [-0.2, -0.15) is 0 Å². The Morgan fingerprint density at radius 3 is 2.58 bits per heavy atom. The number of anilines is 1. The lowest BCUT2D eigenvalue weighted by Crippen LogP contribution is -2.50. The molecular formula is C24H33N5O2. The minimum atomic E-state index is -0.152. The van der Waals surface area contributed by atoms with Crippen LogP contribution in [0.25, 0.3) is 0 Å². The topological polar surface area (TPSA) is 81.3 Å². The Balaban J connectivity index is 1.35. The van der Waals surface area contributed by atoms with E-state index in [4.69, 9.17) is 0 Å². The molecule has 0 aromatic carbocycles. The molecule has 3 heterocycles. The number of pyridine rings is 2. The number of carbonyl (C=O) groups excluding carboxylic acids is 1. The molecule has 2 aromatic heterocycles. The number of aromatic nitrogens is 2. The van der Waals surface area contributed by atoms with E-state index >= 15 is 0 Å². The highest BCUT2D eigenvalue weighted by Crippen LogP contribution is 2.36. The zero-order valence-corrected chi connectivity index (χ0v) is 18.8. The van der Waals surface area contributed by atoms with E-state index in [0.29, 0.717) is 17.7 Å². The molecule has 1 aliphatic carbocycles. The first-order valence-corrected chi connectivity index (χ1v) is 11.4. The molecule has 0 unspecified atom stereocenters. The molecule has 0 spiro atoms. The molecule has 2 atom stereocenters. The maximum Gasteiger partial charge on any atom is 0.269 e. The van der Waals surface area contributed by atoms with Gasteiger partial charge in [-0.1, -0.05) is 13.0 Å². The number of rotatable bonds is 5. The zero-order chi connectivity index (χ0) is 22.0. The van der Waals surface area contributed by atoms with Crippen molar-refractivity contribution in [2.24, 2.45) is 0 Å². The number of hydrogen-bond acceptors (Lipinski definition) is 5. The molecule has 1 amide bonds. The Hall–Kier alpha value is -2.67. The summed E-state index contributed by atoms with van der Waals surface area (Å²) in [5, 5.41) is 2.63. The second kappa shape index (κ2) is 9.22.